The molecule has 134 valence electrons. The molecule has 5 nitrogen and oxygen atoms in total. The molecule has 3 aromatic rings. The van der Waals surface area contributed by atoms with E-state index in [0.717, 1.165) is 31.2 Å². The monoisotopic (exact) mass is 372 g/mol. The fraction of sp³-hybridized carbons (Fsp3) is 0.316. The zero-order valence-electron chi connectivity index (χ0n) is 14.0. The summed E-state index contributed by atoms with van der Waals surface area (Å²) < 4.78 is 15.2. The number of hydrogen-bond acceptors (Lipinski definition) is 4. The van der Waals surface area contributed by atoms with Crippen LogP contribution in [0.3, 0.4) is 0 Å². The highest BCUT2D eigenvalue weighted by Crippen LogP contribution is 2.34. The highest BCUT2D eigenvalue weighted by Gasteiger charge is 2.23. The Morgan fingerprint density at radius 3 is 2.81 bits per heavy atom. The zero-order valence-corrected chi connectivity index (χ0v) is 14.8. The molecule has 0 bridgehead atoms. The van der Waals surface area contributed by atoms with Crippen LogP contribution in [0.4, 0.5) is 4.39 Å². The first-order valence-electron chi connectivity index (χ1n) is 8.53. The molecule has 0 spiro atoms. The van der Waals surface area contributed by atoms with Gasteiger partial charge in [-0.15, -0.1) is 11.3 Å². The number of aryl methyl sites for hydroxylation is 2. The van der Waals surface area contributed by atoms with E-state index in [9.17, 15) is 19.1 Å². The normalized spacial score (nSPS) is 13.7. The van der Waals surface area contributed by atoms with Gasteiger partial charge in [0.2, 0.25) is 0 Å². The summed E-state index contributed by atoms with van der Waals surface area (Å²) in [4.78, 5) is 30.7. The van der Waals surface area contributed by atoms with Crippen LogP contribution in [0.15, 0.2) is 29.1 Å². The lowest BCUT2D eigenvalue weighted by Gasteiger charge is -2.13. The number of aliphatic carboxylic acids is 1. The van der Waals surface area contributed by atoms with Crippen molar-refractivity contribution in [2.75, 3.05) is 0 Å². The molecule has 2 aromatic heterocycles. The molecular formula is C19H17FN2O3S. The van der Waals surface area contributed by atoms with Gasteiger partial charge >= 0.3 is 5.97 Å². The maximum atomic E-state index is 14.0. The third kappa shape index (κ3) is 2.92. The van der Waals surface area contributed by atoms with Crippen molar-refractivity contribution in [3.8, 4) is 0 Å². The smallest absolute Gasteiger partial charge is 0.323 e. The summed E-state index contributed by atoms with van der Waals surface area (Å²) >= 11 is 1.50. The first-order valence-corrected chi connectivity index (χ1v) is 9.35. The van der Waals surface area contributed by atoms with Crippen LogP contribution in [0, 0.1) is 5.82 Å². The Bertz CT molecular complexity index is 1070. The lowest BCUT2D eigenvalue weighted by molar-refractivity contribution is -0.137. The quantitative estimate of drug-likeness (QED) is 0.764. The Hall–Kier alpha value is -2.54. The van der Waals surface area contributed by atoms with E-state index in [-0.39, 0.29) is 17.8 Å². The molecule has 0 atom stereocenters. The van der Waals surface area contributed by atoms with Gasteiger partial charge in [-0.3, -0.25) is 14.2 Å². The van der Waals surface area contributed by atoms with Gasteiger partial charge in [0.1, 0.15) is 23.0 Å². The molecule has 0 saturated heterocycles. The van der Waals surface area contributed by atoms with Crippen molar-refractivity contribution < 1.29 is 14.3 Å². The molecule has 0 aliphatic heterocycles. The van der Waals surface area contributed by atoms with E-state index < -0.39 is 18.3 Å². The molecule has 1 aromatic carbocycles. The number of benzene rings is 1. The predicted octanol–water partition coefficient (Wildman–Crippen LogP) is 3.15. The maximum absolute atomic E-state index is 14.0. The molecule has 2 heterocycles. The van der Waals surface area contributed by atoms with E-state index in [4.69, 9.17) is 0 Å². The summed E-state index contributed by atoms with van der Waals surface area (Å²) in [6.07, 6.45) is 3.94. The Morgan fingerprint density at radius 2 is 2.04 bits per heavy atom. The fourth-order valence-corrected chi connectivity index (χ4v) is 4.80. The summed E-state index contributed by atoms with van der Waals surface area (Å²) in [6.45, 7) is -0.476. The van der Waals surface area contributed by atoms with Crippen molar-refractivity contribution in [3.05, 3.63) is 62.3 Å². The third-order valence-electron chi connectivity index (χ3n) is 4.75. The first-order chi connectivity index (χ1) is 12.5. The van der Waals surface area contributed by atoms with Crippen molar-refractivity contribution >= 4 is 27.5 Å². The number of carboxylic acids is 1. The standard InChI is InChI=1S/C19H17FN2O3S/c20-13-7-3-1-5-11(13)9-15-21-18-17(19(25)22(15)10-16(23)24)12-6-2-4-8-14(12)26-18/h1,3,5,7H,2,4,6,8-10H2,(H,23,24). The first kappa shape index (κ1) is 16.9. The number of rotatable bonds is 4. The average molecular weight is 372 g/mol. The van der Waals surface area contributed by atoms with Gasteiger partial charge in [-0.1, -0.05) is 18.2 Å². The molecule has 0 amide bonds. The van der Waals surface area contributed by atoms with Crippen LogP contribution in [0.1, 0.15) is 34.7 Å². The molecular weight excluding hydrogens is 355 g/mol. The van der Waals surface area contributed by atoms with Crippen LogP contribution in [0.2, 0.25) is 0 Å². The van der Waals surface area contributed by atoms with Gasteiger partial charge in [0.15, 0.2) is 0 Å². The molecule has 7 heteroatoms. The third-order valence-corrected chi connectivity index (χ3v) is 5.94. The fourth-order valence-electron chi connectivity index (χ4n) is 3.53. The van der Waals surface area contributed by atoms with Crippen molar-refractivity contribution in [3.63, 3.8) is 0 Å². The summed E-state index contributed by atoms with van der Waals surface area (Å²) in [5.74, 6) is -1.23. The van der Waals surface area contributed by atoms with Crippen LogP contribution in [-0.4, -0.2) is 20.6 Å². The minimum atomic E-state index is -1.12. The molecule has 0 fully saturated rings. The summed E-state index contributed by atoms with van der Waals surface area (Å²) in [7, 11) is 0. The van der Waals surface area contributed by atoms with Gasteiger partial charge in [0, 0.05) is 11.3 Å². The second kappa shape index (κ2) is 6.64. The van der Waals surface area contributed by atoms with E-state index in [1.807, 2.05) is 0 Å². The highest BCUT2D eigenvalue weighted by molar-refractivity contribution is 7.18. The van der Waals surface area contributed by atoms with Gasteiger partial charge < -0.3 is 5.11 Å². The summed E-state index contributed by atoms with van der Waals surface area (Å²) in [5, 5.41) is 9.78. The second-order valence-electron chi connectivity index (χ2n) is 6.47. The van der Waals surface area contributed by atoms with Crippen LogP contribution in [0.5, 0.6) is 0 Å². The molecule has 26 heavy (non-hydrogen) atoms. The van der Waals surface area contributed by atoms with Crippen molar-refractivity contribution in [2.24, 2.45) is 0 Å². The van der Waals surface area contributed by atoms with Crippen LogP contribution < -0.4 is 5.56 Å². The Balaban J connectivity index is 1.92. The van der Waals surface area contributed by atoms with E-state index >= 15 is 0 Å². The predicted molar refractivity (Wildman–Crippen MR) is 97.4 cm³/mol. The number of nitrogens with zero attached hydrogens (tertiary/aromatic N) is 2. The molecule has 1 N–H and O–H groups in total. The highest BCUT2D eigenvalue weighted by atomic mass is 32.1. The van der Waals surface area contributed by atoms with Gasteiger partial charge in [-0.05, 0) is 42.9 Å². The minimum absolute atomic E-state index is 0.0771. The molecule has 0 saturated carbocycles. The Kier molecular flexibility index (Phi) is 4.32. The number of carboxylic acid groups (broad SMARTS) is 1. The number of aromatic nitrogens is 2. The number of hydrogen-bond donors (Lipinski definition) is 1. The van der Waals surface area contributed by atoms with Crippen molar-refractivity contribution in [1.29, 1.82) is 0 Å². The molecule has 1 aliphatic rings. The largest absolute Gasteiger partial charge is 0.480 e. The number of carbonyl (C=O) groups is 1. The number of fused-ring (bicyclic) bond motifs is 3. The van der Waals surface area contributed by atoms with Crippen molar-refractivity contribution in [2.45, 2.75) is 38.6 Å². The lowest BCUT2D eigenvalue weighted by Crippen LogP contribution is -2.29. The Labute approximate surface area is 152 Å². The van der Waals surface area contributed by atoms with Crippen LogP contribution in [-0.2, 0) is 30.6 Å². The molecule has 0 unspecified atom stereocenters. The zero-order chi connectivity index (χ0) is 18.3. The summed E-state index contributed by atoms with van der Waals surface area (Å²) in [6, 6.07) is 6.27. The van der Waals surface area contributed by atoms with E-state index in [1.165, 1.54) is 26.8 Å². The van der Waals surface area contributed by atoms with Crippen molar-refractivity contribution in [1.82, 2.24) is 9.55 Å². The maximum Gasteiger partial charge on any atom is 0.323 e. The van der Waals surface area contributed by atoms with Gasteiger partial charge in [0.25, 0.3) is 5.56 Å². The molecule has 4 rings (SSSR count). The average Bonchev–Trinajstić information content (AvgIpc) is 2.98. The second-order valence-corrected chi connectivity index (χ2v) is 7.56. The van der Waals surface area contributed by atoms with E-state index in [2.05, 4.69) is 4.98 Å². The van der Waals surface area contributed by atoms with Crippen LogP contribution in [0.25, 0.3) is 10.2 Å². The lowest BCUT2D eigenvalue weighted by atomic mass is 9.97. The van der Waals surface area contributed by atoms with E-state index in [0.29, 0.717) is 15.8 Å². The van der Waals surface area contributed by atoms with Gasteiger partial charge in [-0.2, -0.15) is 0 Å². The van der Waals surface area contributed by atoms with Crippen LogP contribution >= 0.6 is 11.3 Å². The Morgan fingerprint density at radius 1 is 1.27 bits per heavy atom. The molecule has 1 aliphatic carbocycles. The number of halogens is 1. The summed E-state index contributed by atoms with van der Waals surface area (Å²) in [5.41, 5.74) is 1.08. The topological polar surface area (TPSA) is 72.2 Å². The number of thiophene rings is 1. The molecule has 0 radical (unpaired) electrons. The van der Waals surface area contributed by atoms with Gasteiger partial charge in [0.05, 0.1) is 5.39 Å². The minimum Gasteiger partial charge on any atom is -0.480 e. The van der Waals surface area contributed by atoms with E-state index in [1.54, 1.807) is 18.2 Å². The SMILES string of the molecule is O=C(O)Cn1c(Cc2ccccc2F)nc2sc3c(c2c1=O)CCCC3. The van der Waals surface area contributed by atoms with Gasteiger partial charge in [-0.25, -0.2) is 9.37 Å².